The number of nitrogens with one attached hydrogen (secondary N) is 1. The third-order valence-corrected chi connectivity index (χ3v) is 4.43. The van der Waals surface area contributed by atoms with Crippen molar-refractivity contribution in [3.63, 3.8) is 0 Å². The van der Waals surface area contributed by atoms with E-state index in [4.69, 9.17) is 0 Å². The first-order valence-electron chi connectivity index (χ1n) is 6.95. The van der Waals surface area contributed by atoms with E-state index in [0.29, 0.717) is 6.42 Å². The monoisotopic (exact) mass is 289 g/mol. The fraction of sp³-hybridized carbons (Fsp3) is 0.375. The lowest BCUT2D eigenvalue weighted by Gasteiger charge is -2.24. The van der Waals surface area contributed by atoms with Crippen LogP contribution < -0.4 is 5.32 Å². The topological polar surface area (TPSA) is 66.4 Å². The van der Waals surface area contributed by atoms with Crippen molar-refractivity contribution in [3.05, 3.63) is 41.7 Å². The molecule has 21 heavy (non-hydrogen) atoms. The molecule has 3 rings (SSSR count). The maximum atomic E-state index is 13.7. The van der Waals surface area contributed by atoms with Gasteiger partial charge >= 0.3 is 5.97 Å². The van der Waals surface area contributed by atoms with E-state index in [-0.39, 0.29) is 17.5 Å². The van der Waals surface area contributed by atoms with Crippen LogP contribution in [-0.2, 0) is 9.59 Å². The number of aliphatic carboxylic acids is 1. The van der Waals surface area contributed by atoms with E-state index < -0.39 is 29.5 Å². The standard InChI is InChI=1S/C16H16FNO3/c1-8-2-5-11(17)12(6-8)18-15(19)13-9-3-4-10(7-9)14(13)16(20)21/h2-6,9-10,13-14H,7H2,1H3,(H,18,19)(H,20,21)/t9-,10+,13-,14+/m1/s1. The second-order valence-corrected chi connectivity index (χ2v) is 5.81. The SMILES string of the molecule is Cc1ccc(F)c(NC(=O)[C@H]2[C@@H](C(=O)O)[C@H]3C=C[C@@H]2C3)c1. The van der Waals surface area contributed by atoms with E-state index >= 15 is 0 Å². The Morgan fingerprint density at radius 2 is 1.90 bits per heavy atom. The Morgan fingerprint density at radius 1 is 1.24 bits per heavy atom. The number of hydrogen-bond acceptors (Lipinski definition) is 2. The molecule has 110 valence electrons. The molecule has 0 aromatic heterocycles. The van der Waals surface area contributed by atoms with Crippen molar-refractivity contribution in [2.45, 2.75) is 13.3 Å². The highest BCUT2D eigenvalue weighted by atomic mass is 19.1. The molecule has 2 bridgehead atoms. The molecule has 5 heteroatoms. The molecular formula is C16H16FNO3. The van der Waals surface area contributed by atoms with Crippen molar-refractivity contribution in [3.8, 4) is 0 Å². The van der Waals surface area contributed by atoms with Gasteiger partial charge in [0.1, 0.15) is 5.82 Å². The Morgan fingerprint density at radius 3 is 2.57 bits per heavy atom. The number of carbonyl (C=O) groups excluding carboxylic acids is 1. The molecule has 0 unspecified atom stereocenters. The van der Waals surface area contributed by atoms with Gasteiger partial charge in [0.2, 0.25) is 5.91 Å². The first kappa shape index (κ1) is 13.8. The fourth-order valence-corrected chi connectivity index (χ4v) is 3.47. The fourth-order valence-electron chi connectivity index (χ4n) is 3.47. The summed E-state index contributed by atoms with van der Waals surface area (Å²) < 4.78 is 13.7. The number of carboxylic acids is 1. The molecule has 1 amide bonds. The number of fused-ring (bicyclic) bond motifs is 2. The average Bonchev–Trinajstić information content (AvgIpc) is 3.03. The van der Waals surface area contributed by atoms with Gasteiger partial charge in [-0.3, -0.25) is 9.59 Å². The number of hydrogen-bond donors (Lipinski definition) is 2. The van der Waals surface area contributed by atoms with Crippen LogP contribution in [0.15, 0.2) is 30.4 Å². The Balaban J connectivity index is 1.83. The van der Waals surface area contributed by atoms with Crippen LogP contribution in [0.25, 0.3) is 0 Å². The van der Waals surface area contributed by atoms with Crippen LogP contribution in [0.5, 0.6) is 0 Å². The molecule has 1 aromatic carbocycles. The molecule has 2 N–H and O–H groups in total. The number of aryl methyl sites for hydroxylation is 1. The smallest absolute Gasteiger partial charge is 0.307 e. The molecule has 0 spiro atoms. The van der Waals surface area contributed by atoms with Crippen LogP contribution in [0, 0.1) is 36.4 Å². The average molecular weight is 289 g/mol. The molecule has 0 radical (unpaired) electrons. The van der Waals surface area contributed by atoms with Crippen molar-refractivity contribution in [1.29, 1.82) is 0 Å². The Bertz CT molecular complexity index is 640. The predicted molar refractivity (Wildman–Crippen MR) is 75.1 cm³/mol. The van der Waals surface area contributed by atoms with Gasteiger partial charge in [-0.15, -0.1) is 0 Å². The summed E-state index contributed by atoms with van der Waals surface area (Å²) in [6.07, 6.45) is 4.47. The second kappa shape index (κ2) is 4.98. The van der Waals surface area contributed by atoms with Gasteiger partial charge in [-0.2, -0.15) is 0 Å². The van der Waals surface area contributed by atoms with Crippen LogP contribution in [0.2, 0.25) is 0 Å². The number of rotatable bonds is 3. The van der Waals surface area contributed by atoms with Crippen molar-refractivity contribution in [2.24, 2.45) is 23.7 Å². The van der Waals surface area contributed by atoms with Crippen LogP contribution in [-0.4, -0.2) is 17.0 Å². The van der Waals surface area contributed by atoms with E-state index in [9.17, 15) is 19.1 Å². The molecule has 0 saturated heterocycles. The lowest BCUT2D eigenvalue weighted by molar-refractivity contribution is -0.146. The minimum atomic E-state index is -0.961. The van der Waals surface area contributed by atoms with E-state index in [1.165, 1.54) is 6.07 Å². The maximum Gasteiger partial charge on any atom is 0.307 e. The second-order valence-electron chi connectivity index (χ2n) is 5.81. The van der Waals surface area contributed by atoms with E-state index in [1.807, 2.05) is 12.2 Å². The van der Waals surface area contributed by atoms with Crippen LogP contribution in [0.4, 0.5) is 10.1 Å². The molecule has 4 atom stereocenters. The van der Waals surface area contributed by atoms with Crippen molar-refractivity contribution >= 4 is 17.6 Å². The molecule has 2 aliphatic carbocycles. The maximum absolute atomic E-state index is 13.7. The Hall–Kier alpha value is -2.17. The number of anilines is 1. The van der Waals surface area contributed by atoms with Gasteiger partial charge in [0.25, 0.3) is 0 Å². The van der Waals surface area contributed by atoms with Crippen molar-refractivity contribution in [1.82, 2.24) is 0 Å². The van der Waals surface area contributed by atoms with Gasteiger partial charge in [-0.1, -0.05) is 18.2 Å². The molecule has 0 heterocycles. The first-order chi connectivity index (χ1) is 9.97. The van der Waals surface area contributed by atoms with E-state index in [0.717, 1.165) is 5.56 Å². The number of allylic oxidation sites excluding steroid dienone is 2. The highest BCUT2D eigenvalue weighted by Crippen LogP contribution is 2.48. The largest absolute Gasteiger partial charge is 0.481 e. The highest BCUT2D eigenvalue weighted by molar-refractivity contribution is 5.96. The third-order valence-electron chi connectivity index (χ3n) is 4.43. The molecule has 2 aliphatic rings. The van der Waals surface area contributed by atoms with Gasteiger partial charge in [0.05, 0.1) is 17.5 Å². The predicted octanol–water partition coefficient (Wildman–Crippen LogP) is 2.60. The quantitative estimate of drug-likeness (QED) is 0.841. The van der Waals surface area contributed by atoms with E-state index in [2.05, 4.69) is 5.32 Å². The number of carboxylic acid groups (broad SMARTS) is 1. The molecule has 1 fully saturated rings. The number of carbonyl (C=O) groups is 2. The van der Waals surface area contributed by atoms with E-state index in [1.54, 1.807) is 19.1 Å². The number of amides is 1. The number of halogens is 1. The van der Waals surface area contributed by atoms with Crippen molar-refractivity contribution in [2.75, 3.05) is 5.32 Å². The summed E-state index contributed by atoms with van der Waals surface area (Å²) in [6.45, 7) is 1.80. The molecule has 0 aliphatic heterocycles. The van der Waals surface area contributed by atoms with Crippen LogP contribution in [0.3, 0.4) is 0 Å². The summed E-state index contributed by atoms with van der Waals surface area (Å²) in [7, 11) is 0. The Kier molecular flexibility index (Phi) is 3.27. The minimum Gasteiger partial charge on any atom is -0.481 e. The highest BCUT2D eigenvalue weighted by Gasteiger charge is 2.51. The van der Waals surface area contributed by atoms with Gasteiger partial charge in [0.15, 0.2) is 0 Å². The summed E-state index contributed by atoms with van der Waals surface area (Å²) in [5.74, 6) is -3.39. The summed E-state index contributed by atoms with van der Waals surface area (Å²) in [5, 5.41) is 11.9. The van der Waals surface area contributed by atoms with Gasteiger partial charge < -0.3 is 10.4 Å². The molecular weight excluding hydrogens is 273 g/mol. The van der Waals surface area contributed by atoms with Crippen molar-refractivity contribution < 1.29 is 19.1 Å². The zero-order valence-electron chi connectivity index (χ0n) is 11.5. The summed E-state index contributed by atoms with van der Waals surface area (Å²) in [4.78, 5) is 23.8. The summed E-state index contributed by atoms with van der Waals surface area (Å²) in [6, 6.07) is 4.46. The summed E-state index contributed by atoms with van der Waals surface area (Å²) in [5.41, 5.74) is 0.935. The van der Waals surface area contributed by atoms with Gasteiger partial charge in [0, 0.05) is 0 Å². The van der Waals surface area contributed by atoms with Gasteiger partial charge in [-0.25, -0.2) is 4.39 Å². The lowest BCUT2D eigenvalue weighted by atomic mass is 9.82. The van der Waals surface area contributed by atoms with Gasteiger partial charge in [-0.05, 0) is 42.9 Å². The lowest BCUT2D eigenvalue weighted by Crippen LogP contribution is -2.36. The minimum absolute atomic E-state index is 0.0658. The zero-order valence-corrected chi connectivity index (χ0v) is 11.5. The normalized spacial score (nSPS) is 29.6. The zero-order chi connectivity index (χ0) is 15.1. The van der Waals surface area contributed by atoms with Crippen LogP contribution in [0.1, 0.15) is 12.0 Å². The molecule has 1 aromatic rings. The third kappa shape index (κ3) is 2.33. The first-order valence-corrected chi connectivity index (χ1v) is 6.95. The number of benzene rings is 1. The summed E-state index contributed by atoms with van der Waals surface area (Å²) >= 11 is 0. The molecule has 4 nitrogen and oxygen atoms in total. The van der Waals surface area contributed by atoms with Crippen LogP contribution >= 0.6 is 0 Å². The Labute approximate surface area is 121 Å². The molecule has 1 saturated carbocycles.